The predicted molar refractivity (Wildman–Crippen MR) is 253 cm³/mol. The third-order valence-corrected chi connectivity index (χ3v) is 13.3. The van der Waals surface area contributed by atoms with Crippen molar-refractivity contribution in [1.29, 1.82) is 0 Å². The molecule has 0 amide bonds. The number of hydrogen-bond donors (Lipinski definition) is 0. The topological polar surface area (TPSA) is 16.4 Å². The highest BCUT2D eigenvalue weighted by molar-refractivity contribution is 6.20. The second-order valence-electron chi connectivity index (χ2n) is 16.3. The molecule has 0 saturated heterocycles. The van der Waals surface area contributed by atoms with Gasteiger partial charge in [0.2, 0.25) is 0 Å². The van der Waals surface area contributed by atoms with Crippen LogP contribution in [0.3, 0.4) is 0 Å². The number of anilines is 3. The van der Waals surface area contributed by atoms with Crippen molar-refractivity contribution >= 4 is 49.8 Å². The first-order valence-corrected chi connectivity index (χ1v) is 21.1. The van der Waals surface area contributed by atoms with Gasteiger partial charge in [-0.25, -0.2) is 0 Å². The van der Waals surface area contributed by atoms with Crippen LogP contribution in [-0.2, 0) is 5.41 Å². The lowest BCUT2D eigenvalue weighted by atomic mass is 9.70. The van der Waals surface area contributed by atoms with Gasteiger partial charge in [-0.2, -0.15) is 0 Å². The predicted octanol–water partition coefficient (Wildman–Crippen LogP) is 15.9. The van der Waals surface area contributed by atoms with Gasteiger partial charge in [-0.15, -0.1) is 0 Å². The van der Waals surface area contributed by atoms with Gasteiger partial charge in [-0.3, -0.25) is 0 Å². The number of furan rings is 1. The van der Waals surface area contributed by atoms with E-state index in [1.165, 1.54) is 50.1 Å². The fourth-order valence-corrected chi connectivity index (χ4v) is 10.8. The fourth-order valence-electron chi connectivity index (χ4n) is 10.8. The summed E-state index contributed by atoms with van der Waals surface area (Å²) in [6.45, 7) is 0. The molecule has 2 heteroatoms. The van der Waals surface area contributed by atoms with E-state index in [1.54, 1.807) is 0 Å². The summed E-state index contributed by atoms with van der Waals surface area (Å²) < 4.78 is 6.86. The maximum absolute atomic E-state index is 6.86. The maximum atomic E-state index is 6.86. The zero-order valence-corrected chi connectivity index (χ0v) is 33.2. The summed E-state index contributed by atoms with van der Waals surface area (Å²) in [5, 5.41) is 4.51. The molecule has 0 atom stereocenters. The lowest BCUT2D eigenvalue weighted by Gasteiger charge is -2.32. The zero-order valence-electron chi connectivity index (χ0n) is 33.2. The molecular formula is C59H37NO. The Hall–Kier alpha value is -7.94. The Balaban J connectivity index is 1.02. The molecule has 61 heavy (non-hydrogen) atoms. The van der Waals surface area contributed by atoms with Gasteiger partial charge < -0.3 is 9.32 Å². The summed E-state index contributed by atoms with van der Waals surface area (Å²) in [5.41, 5.74) is 19.8. The molecule has 0 N–H and O–H groups in total. The van der Waals surface area contributed by atoms with Gasteiger partial charge in [0.05, 0.1) is 5.41 Å². The minimum atomic E-state index is -0.429. The van der Waals surface area contributed by atoms with Crippen molar-refractivity contribution in [2.24, 2.45) is 0 Å². The van der Waals surface area contributed by atoms with Crippen LogP contribution in [0.25, 0.3) is 77.2 Å². The van der Waals surface area contributed by atoms with E-state index in [0.717, 1.165) is 66.5 Å². The van der Waals surface area contributed by atoms with Gasteiger partial charge in [0.25, 0.3) is 0 Å². The maximum Gasteiger partial charge on any atom is 0.143 e. The second kappa shape index (κ2) is 13.0. The molecule has 2 aliphatic rings. The number of fused-ring (bicyclic) bond motifs is 15. The van der Waals surface area contributed by atoms with Crippen molar-refractivity contribution in [3.8, 4) is 44.5 Å². The van der Waals surface area contributed by atoms with Crippen LogP contribution in [0.15, 0.2) is 229 Å². The molecule has 2 aliphatic carbocycles. The summed E-state index contributed by atoms with van der Waals surface area (Å²) >= 11 is 0. The average molecular weight is 776 g/mol. The van der Waals surface area contributed by atoms with Gasteiger partial charge in [-0.05, 0) is 109 Å². The number of hydrogen-bond acceptors (Lipinski definition) is 2. The van der Waals surface area contributed by atoms with Gasteiger partial charge >= 0.3 is 0 Å². The van der Waals surface area contributed by atoms with Crippen molar-refractivity contribution in [3.05, 3.63) is 247 Å². The van der Waals surface area contributed by atoms with Crippen molar-refractivity contribution in [1.82, 2.24) is 0 Å². The Morgan fingerprint density at radius 2 is 0.770 bits per heavy atom. The van der Waals surface area contributed by atoms with Gasteiger partial charge in [0.1, 0.15) is 11.2 Å². The van der Waals surface area contributed by atoms with Crippen LogP contribution in [0.5, 0.6) is 0 Å². The molecule has 0 aliphatic heterocycles. The van der Waals surface area contributed by atoms with E-state index in [-0.39, 0.29) is 0 Å². The first kappa shape index (κ1) is 34.0. The summed E-state index contributed by atoms with van der Waals surface area (Å²) in [6, 6.07) is 82.1. The van der Waals surface area contributed by atoms with E-state index in [9.17, 15) is 0 Å². The molecule has 1 aromatic heterocycles. The van der Waals surface area contributed by atoms with Crippen LogP contribution >= 0.6 is 0 Å². The van der Waals surface area contributed by atoms with Gasteiger partial charge in [0.15, 0.2) is 0 Å². The Morgan fingerprint density at radius 1 is 0.279 bits per heavy atom. The standard InChI is InChI=1S/C59H37NO/c1-3-17-38(18-4-1)43-28-16-29-50-52-37-51(44-23-7-8-27-49(44)58(52)61-57(43)50)39-19-15-22-41(35-39)60(40-20-5-2-6-21-40)42-33-34-48-47-26-11-14-32-55(47)59(56(48)36-42)53-30-12-9-24-45(53)46-25-10-13-31-54(46)59/h1-37H. The van der Waals surface area contributed by atoms with Crippen molar-refractivity contribution in [3.63, 3.8) is 0 Å². The molecule has 2 nitrogen and oxygen atoms in total. The van der Waals surface area contributed by atoms with Crippen LogP contribution in [-0.4, -0.2) is 0 Å². The number of nitrogens with zero attached hydrogens (tertiary/aromatic N) is 1. The van der Waals surface area contributed by atoms with E-state index < -0.39 is 5.41 Å². The highest BCUT2D eigenvalue weighted by atomic mass is 16.3. The lowest BCUT2D eigenvalue weighted by molar-refractivity contribution is 0.674. The van der Waals surface area contributed by atoms with Crippen molar-refractivity contribution < 1.29 is 4.42 Å². The van der Waals surface area contributed by atoms with Crippen LogP contribution in [0.2, 0.25) is 0 Å². The molecule has 0 fully saturated rings. The Kier molecular flexibility index (Phi) is 7.26. The first-order valence-electron chi connectivity index (χ1n) is 21.1. The Morgan fingerprint density at radius 3 is 1.48 bits per heavy atom. The van der Waals surface area contributed by atoms with Crippen molar-refractivity contribution in [2.45, 2.75) is 5.41 Å². The zero-order chi connectivity index (χ0) is 40.1. The first-order chi connectivity index (χ1) is 30.3. The largest absolute Gasteiger partial charge is 0.455 e. The second-order valence-corrected chi connectivity index (χ2v) is 16.3. The minimum Gasteiger partial charge on any atom is -0.455 e. The summed E-state index contributed by atoms with van der Waals surface area (Å²) in [5.74, 6) is 0. The summed E-state index contributed by atoms with van der Waals surface area (Å²) in [4.78, 5) is 2.42. The molecule has 0 saturated carbocycles. The summed E-state index contributed by atoms with van der Waals surface area (Å²) in [6.07, 6.45) is 0. The number of rotatable bonds is 5. The molecule has 284 valence electrons. The van der Waals surface area contributed by atoms with Crippen LogP contribution in [0.4, 0.5) is 17.1 Å². The van der Waals surface area contributed by atoms with E-state index in [0.29, 0.717) is 0 Å². The third kappa shape index (κ3) is 4.79. The third-order valence-electron chi connectivity index (χ3n) is 13.3. The molecular weight excluding hydrogens is 739 g/mol. The lowest BCUT2D eigenvalue weighted by Crippen LogP contribution is -2.26. The Labute approximate surface area is 354 Å². The highest BCUT2D eigenvalue weighted by Crippen LogP contribution is 2.63. The molecule has 1 spiro atoms. The van der Waals surface area contributed by atoms with E-state index >= 15 is 0 Å². The van der Waals surface area contributed by atoms with E-state index in [4.69, 9.17) is 4.42 Å². The molecule has 0 bridgehead atoms. The van der Waals surface area contributed by atoms with E-state index in [1.807, 2.05) is 0 Å². The monoisotopic (exact) mass is 775 g/mol. The quantitative estimate of drug-likeness (QED) is 0.173. The smallest absolute Gasteiger partial charge is 0.143 e. The van der Waals surface area contributed by atoms with Crippen LogP contribution in [0.1, 0.15) is 22.3 Å². The average Bonchev–Trinajstić information content (AvgIpc) is 3.96. The van der Waals surface area contributed by atoms with Gasteiger partial charge in [-0.1, -0.05) is 182 Å². The van der Waals surface area contributed by atoms with Crippen molar-refractivity contribution in [2.75, 3.05) is 4.90 Å². The Bertz CT molecular complexity index is 3480. The SMILES string of the molecule is c1ccc(-c2cccc3c2oc2c4ccccc4c(-c4cccc(N(c5ccccc5)c5ccc6c(c5)C5(c7ccccc7-c7ccccc75)c5ccccc5-6)c4)cc32)cc1. The van der Waals surface area contributed by atoms with Crippen LogP contribution < -0.4 is 4.90 Å². The normalized spacial score (nSPS) is 13.0. The molecule has 10 aromatic carbocycles. The highest BCUT2D eigenvalue weighted by Gasteiger charge is 2.51. The molecule has 0 unspecified atom stereocenters. The van der Waals surface area contributed by atoms with E-state index in [2.05, 4.69) is 229 Å². The van der Waals surface area contributed by atoms with Gasteiger partial charge in [0, 0.05) is 38.8 Å². The fraction of sp³-hybridized carbons (Fsp3) is 0.0169. The number of para-hydroxylation sites is 2. The molecule has 11 aromatic rings. The number of benzene rings is 10. The molecule has 1 heterocycles. The minimum absolute atomic E-state index is 0.429. The van der Waals surface area contributed by atoms with Crippen LogP contribution in [0, 0.1) is 0 Å². The summed E-state index contributed by atoms with van der Waals surface area (Å²) in [7, 11) is 0. The molecule has 0 radical (unpaired) electrons. The molecule has 13 rings (SSSR count).